The number of halogens is 1. The van der Waals surface area contributed by atoms with Crippen LogP contribution >= 0.6 is 11.6 Å². The number of nitrogens with two attached hydrogens (primary N) is 1. The molecule has 0 radical (unpaired) electrons. The van der Waals surface area contributed by atoms with Crippen LogP contribution in [-0.2, 0) is 11.3 Å². The first-order valence-electron chi connectivity index (χ1n) is 5.67. The molecule has 0 atom stereocenters. The van der Waals surface area contributed by atoms with E-state index in [1.54, 1.807) is 6.07 Å². The first-order chi connectivity index (χ1) is 8.71. The van der Waals surface area contributed by atoms with Crippen LogP contribution in [0, 0.1) is 10.1 Å². The van der Waals surface area contributed by atoms with Crippen molar-refractivity contribution in [2.75, 3.05) is 0 Å². The van der Waals surface area contributed by atoms with Gasteiger partial charge in [-0.1, -0.05) is 11.6 Å². The topological polar surface area (TPSA) is 98.3 Å². The maximum absolute atomic E-state index is 10.9. The fourth-order valence-electron chi connectivity index (χ4n) is 1.63. The Kier molecular flexibility index (Phi) is 4.85. The Morgan fingerprint density at radius 3 is 2.63 bits per heavy atom. The van der Waals surface area contributed by atoms with E-state index in [0.717, 1.165) is 5.56 Å². The third-order valence-corrected chi connectivity index (χ3v) is 2.97. The summed E-state index contributed by atoms with van der Waals surface area (Å²) in [6, 6.07) is 4.29. The number of amides is 1. The molecule has 0 bridgehead atoms. The van der Waals surface area contributed by atoms with Crippen molar-refractivity contribution in [3.05, 3.63) is 38.9 Å². The lowest BCUT2D eigenvalue weighted by Crippen LogP contribution is -2.42. The Hall–Kier alpha value is -1.66. The van der Waals surface area contributed by atoms with Gasteiger partial charge in [-0.15, -0.1) is 0 Å². The second-order valence-electron chi connectivity index (χ2n) is 4.91. The van der Waals surface area contributed by atoms with Gasteiger partial charge in [0, 0.05) is 30.6 Å². The summed E-state index contributed by atoms with van der Waals surface area (Å²) < 4.78 is 0. The molecule has 1 aromatic rings. The number of primary amides is 1. The van der Waals surface area contributed by atoms with Gasteiger partial charge >= 0.3 is 0 Å². The molecule has 0 saturated carbocycles. The first-order valence-corrected chi connectivity index (χ1v) is 6.05. The third-order valence-electron chi connectivity index (χ3n) is 2.62. The predicted octanol–water partition coefficient (Wildman–Crippen LogP) is 1.99. The molecule has 0 aliphatic heterocycles. The number of nitrogens with one attached hydrogen (secondary N) is 1. The van der Waals surface area contributed by atoms with Gasteiger partial charge in [-0.05, 0) is 25.5 Å². The molecule has 7 heteroatoms. The molecule has 0 aliphatic rings. The van der Waals surface area contributed by atoms with Gasteiger partial charge in [-0.25, -0.2) is 0 Å². The molecule has 0 unspecified atom stereocenters. The number of carbonyl (C=O) groups excluding carboxylic acids is 1. The van der Waals surface area contributed by atoms with Crippen molar-refractivity contribution in [3.8, 4) is 0 Å². The van der Waals surface area contributed by atoms with Gasteiger partial charge in [0.15, 0.2) is 0 Å². The van der Waals surface area contributed by atoms with E-state index < -0.39 is 16.4 Å². The van der Waals surface area contributed by atoms with Crippen molar-refractivity contribution in [1.29, 1.82) is 0 Å². The summed E-state index contributed by atoms with van der Waals surface area (Å²) in [4.78, 5) is 21.0. The van der Waals surface area contributed by atoms with Crippen LogP contribution in [0.2, 0.25) is 5.02 Å². The van der Waals surface area contributed by atoms with Gasteiger partial charge in [-0.2, -0.15) is 0 Å². The molecule has 0 fully saturated rings. The monoisotopic (exact) mass is 285 g/mol. The average Bonchev–Trinajstić information content (AvgIpc) is 2.25. The highest BCUT2D eigenvalue weighted by Gasteiger charge is 2.20. The number of benzene rings is 1. The van der Waals surface area contributed by atoms with E-state index in [0.29, 0.717) is 11.6 Å². The molecule has 1 rings (SSSR count). The number of nitrogens with zero attached hydrogens (tertiary/aromatic N) is 1. The molecular formula is C12H16ClN3O3. The van der Waals surface area contributed by atoms with E-state index in [4.69, 9.17) is 17.3 Å². The van der Waals surface area contributed by atoms with E-state index in [2.05, 4.69) is 5.32 Å². The van der Waals surface area contributed by atoms with E-state index >= 15 is 0 Å². The largest absolute Gasteiger partial charge is 0.370 e. The van der Waals surface area contributed by atoms with Crippen LogP contribution in [0.15, 0.2) is 18.2 Å². The molecule has 6 nitrogen and oxygen atoms in total. The molecule has 19 heavy (non-hydrogen) atoms. The number of carbonyl (C=O) groups is 1. The zero-order chi connectivity index (χ0) is 14.6. The summed E-state index contributed by atoms with van der Waals surface area (Å²) in [7, 11) is 0. The Bertz CT molecular complexity index is 503. The minimum absolute atomic E-state index is 0.0508. The van der Waals surface area contributed by atoms with Gasteiger partial charge in [0.1, 0.15) is 0 Å². The molecule has 0 heterocycles. The molecule has 104 valence electrons. The quantitative estimate of drug-likeness (QED) is 0.617. The van der Waals surface area contributed by atoms with E-state index in [9.17, 15) is 14.9 Å². The van der Waals surface area contributed by atoms with Crippen molar-refractivity contribution in [1.82, 2.24) is 5.32 Å². The number of non-ortho nitro benzene ring substituents is 1. The van der Waals surface area contributed by atoms with Gasteiger partial charge in [-0.3, -0.25) is 14.9 Å². The van der Waals surface area contributed by atoms with Crippen LogP contribution in [0.1, 0.15) is 25.8 Å². The van der Waals surface area contributed by atoms with Gasteiger partial charge in [0.05, 0.1) is 9.95 Å². The van der Waals surface area contributed by atoms with Crippen molar-refractivity contribution in [2.45, 2.75) is 32.4 Å². The van der Waals surface area contributed by atoms with Gasteiger partial charge in [0.25, 0.3) is 5.69 Å². The average molecular weight is 286 g/mol. The summed E-state index contributed by atoms with van der Waals surface area (Å²) in [5.41, 5.74) is 5.37. The van der Waals surface area contributed by atoms with E-state index in [1.807, 2.05) is 13.8 Å². The minimum atomic E-state index is -0.500. The second kappa shape index (κ2) is 5.99. The lowest BCUT2D eigenvalue weighted by molar-refractivity contribution is -0.384. The van der Waals surface area contributed by atoms with Crippen molar-refractivity contribution in [2.24, 2.45) is 5.73 Å². The van der Waals surface area contributed by atoms with Crippen LogP contribution in [-0.4, -0.2) is 16.4 Å². The van der Waals surface area contributed by atoms with Crippen LogP contribution < -0.4 is 11.1 Å². The highest BCUT2D eigenvalue weighted by Crippen LogP contribution is 2.23. The number of hydrogen-bond acceptors (Lipinski definition) is 4. The zero-order valence-electron chi connectivity index (χ0n) is 10.8. The molecule has 3 N–H and O–H groups in total. The summed E-state index contributed by atoms with van der Waals surface area (Å²) in [5, 5.41) is 14.0. The van der Waals surface area contributed by atoms with Crippen LogP contribution in [0.3, 0.4) is 0 Å². The van der Waals surface area contributed by atoms with Crippen LogP contribution in [0.4, 0.5) is 5.69 Å². The summed E-state index contributed by atoms with van der Waals surface area (Å²) >= 11 is 5.97. The van der Waals surface area contributed by atoms with Gasteiger partial charge < -0.3 is 11.1 Å². The SMILES string of the molecule is CC(C)(CC(N)=O)NCc1ccc([N+](=O)[O-])cc1Cl. The Labute approximate surface area is 116 Å². The number of hydrogen-bond donors (Lipinski definition) is 2. The molecule has 0 saturated heterocycles. The Morgan fingerprint density at radius 2 is 2.16 bits per heavy atom. The molecule has 0 spiro atoms. The normalized spacial score (nSPS) is 11.3. The number of nitro benzene ring substituents is 1. The lowest BCUT2D eigenvalue weighted by atomic mass is 10.00. The third kappa shape index (κ3) is 4.84. The van der Waals surface area contributed by atoms with Crippen molar-refractivity contribution in [3.63, 3.8) is 0 Å². The van der Waals surface area contributed by atoms with E-state index in [-0.39, 0.29) is 12.1 Å². The molecular weight excluding hydrogens is 270 g/mol. The molecule has 1 aromatic carbocycles. The Morgan fingerprint density at radius 1 is 1.53 bits per heavy atom. The highest BCUT2D eigenvalue weighted by atomic mass is 35.5. The fourth-order valence-corrected chi connectivity index (χ4v) is 1.87. The smallest absolute Gasteiger partial charge is 0.270 e. The summed E-state index contributed by atoms with van der Waals surface area (Å²) in [5.74, 6) is -0.396. The highest BCUT2D eigenvalue weighted by molar-refractivity contribution is 6.31. The molecule has 0 aliphatic carbocycles. The lowest BCUT2D eigenvalue weighted by Gasteiger charge is -2.25. The van der Waals surface area contributed by atoms with Crippen LogP contribution in [0.25, 0.3) is 0 Å². The number of nitro groups is 1. The number of rotatable bonds is 6. The first kappa shape index (κ1) is 15.4. The van der Waals surface area contributed by atoms with E-state index in [1.165, 1.54) is 12.1 Å². The van der Waals surface area contributed by atoms with Crippen molar-refractivity contribution >= 4 is 23.2 Å². The standard InChI is InChI=1S/C12H16ClN3O3/c1-12(2,6-11(14)17)15-7-8-3-4-9(16(18)19)5-10(8)13/h3-5,15H,6-7H2,1-2H3,(H2,14,17). The summed E-state index contributed by atoms with van der Waals surface area (Å²) in [6.07, 6.45) is 0.192. The van der Waals surface area contributed by atoms with Gasteiger partial charge in [0.2, 0.25) is 5.91 Å². The zero-order valence-corrected chi connectivity index (χ0v) is 11.5. The summed E-state index contributed by atoms with van der Waals surface area (Å²) in [6.45, 7) is 4.09. The molecule has 1 amide bonds. The maximum Gasteiger partial charge on any atom is 0.270 e. The second-order valence-corrected chi connectivity index (χ2v) is 5.32. The van der Waals surface area contributed by atoms with Crippen LogP contribution in [0.5, 0.6) is 0 Å². The fraction of sp³-hybridized carbons (Fsp3) is 0.417. The Balaban J connectivity index is 2.73. The maximum atomic E-state index is 10.9. The minimum Gasteiger partial charge on any atom is -0.370 e. The van der Waals surface area contributed by atoms with Crippen molar-refractivity contribution < 1.29 is 9.72 Å². The molecule has 0 aromatic heterocycles. The predicted molar refractivity (Wildman–Crippen MR) is 72.8 cm³/mol.